The molecule has 218 valence electrons. The van der Waals surface area contributed by atoms with Crippen LogP contribution in [0.3, 0.4) is 0 Å². The monoisotopic (exact) mass is 619 g/mol. The summed E-state index contributed by atoms with van der Waals surface area (Å²) in [6.07, 6.45) is 1.86. The van der Waals surface area contributed by atoms with Crippen LogP contribution in [0.1, 0.15) is 67.8 Å². The van der Waals surface area contributed by atoms with Crippen molar-refractivity contribution in [3.8, 4) is 0 Å². The molecule has 8 nitrogen and oxygen atoms in total. The van der Waals surface area contributed by atoms with Crippen molar-refractivity contribution in [1.82, 2.24) is 14.7 Å². The lowest BCUT2D eigenvalue weighted by molar-refractivity contribution is -0.192. The van der Waals surface area contributed by atoms with Gasteiger partial charge in [-0.15, -0.1) is 0 Å². The van der Waals surface area contributed by atoms with Gasteiger partial charge >= 0.3 is 18.2 Å². The second-order valence-corrected chi connectivity index (χ2v) is 11.4. The maximum atomic E-state index is 13.1. The van der Waals surface area contributed by atoms with Gasteiger partial charge < -0.3 is 19.6 Å². The summed E-state index contributed by atoms with van der Waals surface area (Å²) < 4.78 is 38.6. The molecule has 0 radical (unpaired) electrons. The molecular weight excluding hydrogens is 583 g/mol. The molecule has 1 aromatic rings. The number of aliphatic carboxylic acids is 1. The highest BCUT2D eigenvalue weighted by atomic mass is 79.9. The molecule has 3 fully saturated rings. The maximum absolute atomic E-state index is 13.1. The zero-order valence-corrected chi connectivity index (χ0v) is 24.2. The Labute approximate surface area is 235 Å². The minimum absolute atomic E-state index is 0.130. The first-order valence-electron chi connectivity index (χ1n) is 13.3. The van der Waals surface area contributed by atoms with E-state index in [1.54, 1.807) is 0 Å². The van der Waals surface area contributed by atoms with Crippen LogP contribution in [0.2, 0.25) is 0 Å². The van der Waals surface area contributed by atoms with Crippen molar-refractivity contribution in [2.45, 2.75) is 82.7 Å². The number of aryl methyl sites for hydroxylation is 1. The van der Waals surface area contributed by atoms with Crippen LogP contribution < -0.4 is 0 Å². The minimum atomic E-state index is -5.08. The molecule has 2 amide bonds. The fraction of sp³-hybridized carbons (Fsp3) is 0.667. The lowest BCUT2D eigenvalue weighted by Gasteiger charge is -2.46. The first-order valence-corrected chi connectivity index (χ1v) is 14.1. The van der Waals surface area contributed by atoms with E-state index in [1.807, 2.05) is 42.0 Å². The van der Waals surface area contributed by atoms with Crippen molar-refractivity contribution in [2.75, 3.05) is 33.2 Å². The van der Waals surface area contributed by atoms with E-state index in [1.165, 1.54) is 0 Å². The molecule has 4 rings (SSSR count). The average molecular weight is 621 g/mol. The number of likely N-dealkylation sites (tertiary alicyclic amines) is 2. The Hall–Kier alpha value is -2.34. The number of nitrogens with zero attached hydrogens (tertiary/aromatic N) is 3. The zero-order chi connectivity index (χ0) is 29.0. The van der Waals surface area contributed by atoms with Crippen molar-refractivity contribution < 1.29 is 37.4 Å². The van der Waals surface area contributed by atoms with E-state index >= 15 is 0 Å². The molecule has 3 aliphatic rings. The Morgan fingerprint density at radius 2 is 1.74 bits per heavy atom. The van der Waals surface area contributed by atoms with Crippen LogP contribution in [-0.2, 0) is 9.53 Å². The lowest BCUT2D eigenvalue weighted by Crippen LogP contribution is -2.55. The molecule has 1 atom stereocenters. The molecule has 1 N–H and O–H groups in total. The predicted octanol–water partition coefficient (Wildman–Crippen LogP) is 5.47. The van der Waals surface area contributed by atoms with Gasteiger partial charge in [-0.25, -0.2) is 9.59 Å². The van der Waals surface area contributed by atoms with Crippen LogP contribution in [0, 0.1) is 6.92 Å². The first kappa shape index (κ1) is 31.2. The second kappa shape index (κ2) is 12.9. The molecule has 1 unspecified atom stereocenters. The van der Waals surface area contributed by atoms with Crippen LogP contribution in [0.25, 0.3) is 0 Å². The summed E-state index contributed by atoms with van der Waals surface area (Å²) in [5.41, 5.74) is 1.49. The number of hydrogen-bond donors (Lipinski definition) is 1. The Balaban J connectivity index is 0.000000532. The molecule has 3 aliphatic heterocycles. The number of halogens is 4. The summed E-state index contributed by atoms with van der Waals surface area (Å²) in [7, 11) is 1.89. The molecule has 0 aliphatic carbocycles. The van der Waals surface area contributed by atoms with E-state index in [9.17, 15) is 22.8 Å². The van der Waals surface area contributed by atoms with E-state index in [0.29, 0.717) is 6.04 Å². The van der Waals surface area contributed by atoms with Crippen molar-refractivity contribution in [1.29, 1.82) is 0 Å². The molecule has 3 saturated heterocycles. The highest BCUT2D eigenvalue weighted by molar-refractivity contribution is 9.10. The molecular formula is C27H37BrF3N3O5. The van der Waals surface area contributed by atoms with Gasteiger partial charge in [-0.2, -0.15) is 13.2 Å². The summed E-state index contributed by atoms with van der Waals surface area (Å²) in [5.74, 6) is -2.63. The normalized spacial score (nSPS) is 21.9. The zero-order valence-electron chi connectivity index (χ0n) is 22.6. The number of piperidine rings is 2. The highest BCUT2D eigenvalue weighted by Gasteiger charge is 2.53. The molecule has 0 aromatic heterocycles. The number of carbonyl (C=O) groups excluding carboxylic acids is 2. The number of alkyl halides is 3. The number of likely N-dealkylation sites (N-methyl/N-ethyl adjacent to an activating group) is 1. The molecule has 0 saturated carbocycles. The van der Waals surface area contributed by atoms with E-state index < -0.39 is 12.1 Å². The molecule has 0 bridgehead atoms. The number of hydrogen-bond acceptors (Lipinski definition) is 5. The van der Waals surface area contributed by atoms with Gasteiger partial charge in [-0.3, -0.25) is 9.69 Å². The first-order chi connectivity index (χ1) is 18.3. The lowest BCUT2D eigenvalue weighted by atomic mass is 9.81. The Kier molecular flexibility index (Phi) is 10.3. The van der Waals surface area contributed by atoms with Crippen molar-refractivity contribution in [2.24, 2.45) is 0 Å². The number of unbranched alkanes of at least 4 members (excludes halogenated alkanes) is 1. The highest BCUT2D eigenvalue weighted by Crippen LogP contribution is 2.41. The third kappa shape index (κ3) is 7.25. The SMILES string of the molecule is CCCCC1N(C)C(=O)OC12CCN(C1CCN(C(=O)c3c(C)cccc3Br)CC1)CC2.O=C(O)C(F)(F)F. The van der Waals surface area contributed by atoms with Gasteiger partial charge in [-0.1, -0.05) is 31.9 Å². The second-order valence-electron chi connectivity index (χ2n) is 10.5. The third-order valence-corrected chi connectivity index (χ3v) is 8.74. The summed E-state index contributed by atoms with van der Waals surface area (Å²) in [6, 6.07) is 6.61. The molecule has 1 spiro atoms. The van der Waals surface area contributed by atoms with Gasteiger partial charge in [-0.05, 0) is 53.7 Å². The summed E-state index contributed by atoms with van der Waals surface area (Å²) in [6.45, 7) is 7.71. The fourth-order valence-electron chi connectivity index (χ4n) is 5.85. The van der Waals surface area contributed by atoms with E-state index in [4.69, 9.17) is 14.6 Å². The third-order valence-electron chi connectivity index (χ3n) is 8.08. The predicted molar refractivity (Wildman–Crippen MR) is 143 cm³/mol. The van der Waals surface area contributed by atoms with Gasteiger partial charge in [0.05, 0.1) is 11.6 Å². The van der Waals surface area contributed by atoms with E-state index in [0.717, 1.165) is 86.7 Å². The Bertz CT molecular complexity index is 1020. The topological polar surface area (TPSA) is 90.4 Å². The maximum Gasteiger partial charge on any atom is 0.490 e. The number of amides is 2. The average Bonchev–Trinajstić information content (AvgIpc) is 3.11. The standard InChI is InChI=1S/C25H36BrN3O3.C2HF3O2/c1-4-5-9-21-25(32-24(31)27(21)3)12-16-28(17-13-25)19-10-14-29(15-11-19)23(30)22-18(2)7-6-8-20(22)26;3-2(4,5)1(6)7/h6-8,19,21H,4-5,9-17H2,1-3H3;(H,6,7). The van der Waals surface area contributed by atoms with E-state index in [2.05, 4.69) is 27.8 Å². The molecule has 12 heteroatoms. The van der Waals surface area contributed by atoms with Crippen LogP contribution >= 0.6 is 15.9 Å². The fourth-order valence-corrected chi connectivity index (χ4v) is 6.48. The Morgan fingerprint density at radius 1 is 1.15 bits per heavy atom. The van der Waals surface area contributed by atoms with Crippen molar-refractivity contribution in [3.05, 3.63) is 33.8 Å². The van der Waals surface area contributed by atoms with Crippen LogP contribution in [-0.4, -0.2) is 94.9 Å². The van der Waals surface area contributed by atoms with Crippen molar-refractivity contribution >= 4 is 33.9 Å². The van der Waals surface area contributed by atoms with Crippen LogP contribution in [0.5, 0.6) is 0 Å². The van der Waals surface area contributed by atoms with E-state index in [-0.39, 0.29) is 23.6 Å². The van der Waals surface area contributed by atoms with Crippen molar-refractivity contribution in [3.63, 3.8) is 0 Å². The quantitative estimate of drug-likeness (QED) is 0.470. The number of rotatable bonds is 5. The minimum Gasteiger partial charge on any atom is -0.475 e. The number of carbonyl (C=O) groups is 3. The Morgan fingerprint density at radius 3 is 2.26 bits per heavy atom. The summed E-state index contributed by atoms with van der Waals surface area (Å²) in [5, 5.41) is 7.12. The molecule has 1 aromatic carbocycles. The number of carboxylic acid groups (broad SMARTS) is 1. The van der Waals surface area contributed by atoms with Gasteiger partial charge in [0.25, 0.3) is 5.91 Å². The largest absolute Gasteiger partial charge is 0.490 e. The molecule has 3 heterocycles. The van der Waals surface area contributed by atoms with Gasteiger partial charge in [0.2, 0.25) is 0 Å². The van der Waals surface area contributed by atoms with Gasteiger partial charge in [0, 0.05) is 56.6 Å². The van der Waals surface area contributed by atoms with Crippen LogP contribution in [0.15, 0.2) is 22.7 Å². The number of carboxylic acids is 1. The summed E-state index contributed by atoms with van der Waals surface area (Å²) in [4.78, 5) is 40.7. The van der Waals surface area contributed by atoms with Gasteiger partial charge in [0.15, 0.2) is 0 Å². The number of ether oxygens (including phenoxy) is 1. The molecule has 39 heavy (non-hydrogen) atoms. The van der Waals surface area contributed by atoms with Crippen LogP contribution in [0.4, 0.5) is 18.0 Å². The number of benzene rings is 1. The smallest absolute Gasteiger partial charge is 0.475 e. The van der Waals surface area contributed by atoms with Gasteiger partial charge in [0.1, 0.15) is 5.60 Å². The summed E-state index contributed by atoms with van der Waals surface area (Å²) >= 11 is 3.55.